The lowest BCUT2D eigenvalue weighted by atomic mass is 10.0. The summed E-state index contributed by atoms with van der Waals surface area (Å²) in [6, 6.07) is 6.23. The number of nitrogens with zero attached hydrogens (tertiary/aromatic N) is 2. The van der Waals surface area contributed by atoms with Crippen LogP contribution in [0.3, 0.4) is 0 Å². The quantitative estimate of drug-likeness (QED) is 0.898. The Labute approximate surface area is 133 Å². The van der Waals surface area contributed by atoms with E-state index in [4.69, 9.17) is 0 Å². The van der Waals surface area contributed by atoms with Crippen molar-refractivity contribution in [1.82, 2.24) is 20.4 Å². The van der Waals surface area contributed by atoms with E-state index in [2.05, 4.69) is 15.7 Å². The molecule has 4 rings (SSSR count). The van der Waals surface area contributed by atoms with E-state index in [1.54, 1.807) is 16.8 Å². The van der Waals surface area contributed by atoms with Crippen LogP contribution in [0, 0.1) is 11.7 Å². The molecule has 23 heavy (non-hydrogen) atoms. The van der Waals surface area contributed by atoms with Crippen LogP contribution in [0.1, 0.15) is 28.2 Å². The van der Waals surface area contributed by atoms with Gasteiger partial charge in [0, 0.05) is 36.8 Å². The number of aromatic nitrogens is 2. The van der Waals surface area contributed by atoms with Crippen molar-refractivity contribution in [2.24, 2.45) is 5.92 Å². The molecule has 0 spiro atoms. The third-order valence-electron chi connectivity index (χ3n) is 4.63. The SMILES string of the molecule is O=C(NCC1CNC1)c1nn(-c2ccc(F)cc2)c2c1CCC2. The fourth-order valence-electron chi connectivity index (χ4n) is 3.23. The molecule has 1 aromatic carbocycles. The molecule has 0 atom stereocenters. The highest BCUT2D eigenvalue weighted by Gasteiger charge is 2.27. The summed E-state index contributed by atoms with van der Waals surface area (Å²) in [6.45, 7) is 2.61. The van der Waals surface area contributed by atoms with Gasteiger partial charge >= 0.3 is 0 Å². The van der Waals surface area contributed by atoms with Crippen molar-refractivity contribution >= 4 is 5.91 Å². The predicted molar refractivity (Wildman–Crippen MR) is 84.2 cm³/mol. The molecule has 5 nitrogen and oxygen atoms in total. The molecule has 0 bridgehead atoms. The molecule has 1 aliphatic carbocycles. The summed E-state index contributed by atoms with van der Waals surface area (Å²) >= 11 is 0. The molecule has 1 fully saturated rings. The average Bonchev–Trinajstić information content (AvgIpc) is 3.08. The number of halogens is 1. The van der Waals surface area contributed by atoms with E-state index in [1.807, 2.05) is 0 Å². The minimum atomic E-state index is -0.273. The van der Waals surface area contributed by atoms with Gasteiger partial charge < -0.3 is 10.6 Å². The summed E-state index contributed by atoms with van der Waals surface area (Å²) in [6.07, 6.45) is 2.81. The fraction of sp³-hybridized carbons (Fsp3) is 0.412. The Morgan fingerprint density at radius 1 is 1.30 bits per heavy atom. The van der Waals surface area contributed by atoms with Crippen molar-refractivity contribution in [2.75, 3.05) is 19.6 Å². The first-order valence-electron chi connectivity index (χ1n) is 8.08. The van der Waals surface area contributed by atoms with E-state index in [-0.39, 0.29) is 11.7 Å². The van der Waals surface area contributed by atoms with E-state index >= 15 is 0 Å². The minimum Gasteiger partial charge on any atom is -0.350 e. The number of rotatable bonds is 4. The molecule has 0 unspecified atom stereocenters. The zero-order valence-electron chi connectivity index (χ0n) is 12.8. The highest BCUT2D eigenvalue weighted by atomic mass is 19.1. The zero-order chi connectivity index (χ0) is 15.8. The number of amides is 1. The predicted octanol–water partition coefficient (Wildman–Crippen LogP) is 1.45. The molecule has 2 heterocycles. The monoisotopic (exact) mass is 314 g/mol. The van der Waals surface area contributed by atoms with Gasteiger partial charge in [-0.3, -0.25) is 4.79 Å². The zero-order valence-corrected chi connectivity index (χ0v) is 12.8. The highest BCUT2D eigenvalue weighted by molar-refractivity contribution is 5.94. The van der Waals surface area contributed by atoms with Crippen molar-refractivity contribution in [3.8, 4) is 5.69 Å². The van der Waals surface area contributed by atoms with Crippen LogP contribution in [0.2, 0.25) is 0 Å². The molecular weight excluding hydrogens is 295 g/mol. The first kappa shape index (κ1) is 14.4. The van der Waals surface area contributed by atoms with Crippen LogP contribution in [0.15, 0.2) is 24.3 Å². The second-order valence-corrected chi connectivity index (χ2v) is 6.25. The summed E-state index contributed by atoms with van der Waals surface area (Å²) in [5.41, 5.74) is 3.44. The molecule has 0 radical (unpaired) electrons. The first-order valence-corrected chi connectivity index (χ1v) is 8.08. The van der Waals surface area contributed by atoms with Crippen LogP contribution in [0.5, 0.6) is 0 Å². The maximum absolute atomic E-state index is 13.1. The second kappa shape index (κ2) is 5.77. The minimum absolute atomic E-state index is 0.101. The van der Waals surface area contributed by atoms with Gasteiger partial charge in [-0.25, -0.2) is 9.07 Å². The Morgan fingerprint density at radius 3 is 2.78 bits per heavy atom. The number of fused-ring (bicyclic) bond motifs is 1. The van der Waals surface area contributed by atoms with Gasteiger partial charge in [-0.2, -0.15) is 5.10 Å². The van der Waals surface area contributed by atoms with Gasteiger partial charge in [0.2, 0.25) is 0 Å². The van der Waals surface area contributed by atoms with Gasteiger partial charge in [0.05, 0.1) is 5.69 Å². The molecule has 1 aromatic heterocycles. The van der Waals surface area contributed by atoms with Gasteiger partial charge in [-0.15, -0.1) is 0 Å². The first-order chi connectivity index (χ1) is 11.2. The number of carbonyl (C=O) groups excluding carboxylic acids is 1. The summed E-state index contributed by atoms with van der Waals surface area (Å²) in [7, 11) is 0. The number of carbonyl (C=O) groups is 1. The number of nitrogens with one attached hydrogen (secondary N) is 2. The van der Waals surface area contributed by atoms with E-state index in [9.17, 15) is 9.18 Å². The van der Waals surface area contributed by atoms with Crippen molar-refractivity contribution < 1.29 is 9.18 Å². The lowest BCUT2D eigenvalue weighted by Gasteiger charge is -2.26. The van der Waals surface area contributed by atoms with Crippen LogP contribution in [-0.4, -0.2) is 35.3 Å². The van der Waals surface area contributed by atoms with E-state index < -0.39 is 0 Å². The van der Waals surface area contributed by atoms with E-state index in [0.29, 0.717) is 18.2 Å². The lowest BCUT2D eigenvalue weighted by Crippen LogP contribution is -2.48. The standard InChI is InChI=1S/C17H19FN4O/c18-12-4-6-13(7-5-12)22-15-3-1-2-14(15)16(21-22)17(23)20-10-11-8-19-9-11/h4-7,11,19H,1-3,8-10H2,(H,20,23). The largest absolute Gasteiger partial charge is 0.350 e. The molecular formula is C17H19FN4O. The molecule has 2 aromatic rings. The van der Waals surface area contributed by atoms with Crippen LogP contribution in [0.4, 0.5) is 4.39 Å². The topological polar surface area (TPSA) is 59.0 Å². The molecule has 1 amide bonds. The van der Waals surface area contributed by atoms with Crippen LogP contribution in [-0.2, 0) is 12.8 Å². The smallest absolute Gasteiger partial charge is 0.272 e. The number of benzene rings is 1. The third-order valence-corrected chi connectivity index (χ3v) is 4.63. The second-order valence-electron chi connectivity index (χ2n) is 6.25. The summed E-state index contributed by atoms with van der Waals surface area (Å²) in [5, 5.41) is 10.7. The van der Waals surface area contributed by atoms with Gasteiger partial charge in [-0.1, -0.05) is 0 Å². The molecule has 1 aliphatic heterocycles. The van der Waals surface area contributed by atoms with Crippen LogP contribution < -0.4 is 10.6 Å². The number of hydrogen-bond donors (Lipinski definition) is 2. The molecule has 2 aliphatic rings. The molecule has 120 valence electrons. The molecule has 2 N–H and O–H groups in total. The Hall–Kier alpha value is -2.21. The maximum atomic E-state index is 13.1. The lowest BCUT2D eigenvalue weighted by molar-refractivity contribution is 0.0936. The van der Waals surface area contributed by atoms with Crippen molar-refractivity contribution in [1.29, 1.82) is 0 Å². The van der Waals surface area contributed by atoms with E-state index in [1.165, 1.54) is 12.1 Å². The van der Waals surface area contributed by atoms with Gasteiger partial charge in [-0.05, 0) is 43.5 Å². The summed E-state index contributed by atoms with van der Waals surface area (Å²) in [4.78, 5) is 12.5. The fourth-order valence-corrected chi connectivity index (χ4v) is 3.23. The van der Waals surface area contributed by atoms with Crippen molar-refractivity contribution in [2.45, 2.75) is 19.3 Å². The Balaban J connectivity index is 1.61. The average molecular weight is 314 g/mol. The normalized spacial score (nSPS) is 16.9. The molecule has 6 heteroatoms. The van der Waals surface area contributed by atoms with Gasteiger partial charge in [0.1, 0.15) is 5.82 Å². The van der Waals surface area contributed by atoms with E-state index in [0.717, 1.165) is 49.3 Å². The number of hydrogen-bond acceptors (Lipinski definition) is 3. The van der Waals surface area contributed by atoms with Crippen LogP contribution in [0.25, 0.3) is 5.69 Å². The van der Waals surface area contributed by atoms with Gasteiger partial charge in [0.25, 0.3) is 5.91 Å². The highest BCUT2D eigenvalue weighted by Crippen LogP contribution is 2.27. The Kier molecular flexibility index (Phi) is 3.61. The Morgan fingerprint density at radius 2 is 2.09 bits per heavy atom. The van der Waals surface area contributed by atoms with Crippen LogP contribution >= 0.6 is 0 Å². The maximum Gasteiger partial charge on any atom is 0.272 e. The molecule has 1 saturated heterocycles. The van der Waals surface area contributed by atoms with Crippen molar-refractivity contribution in [3.63, 3.8) is 0 Å². The molecule has 0 saturated carbocycles. The third kappa shape index (κ3) is 2.63. The summed E-state index contributed by atoms with van der Waals surface area (Å²) in [5.74, 6) is 0.145. The Bertz CT molecular complexity index is 734. The van der Waals surface area contributed by atoms with Gasteiger partial charge in [0.15, 0.2) is 5.69 Å². The van der Waals surface area contributed by atoms with Crippen molar-refractivity contribution in [3.05, 3.63) is 47.0 Å². The summed E-state index contributed by atoms with van der Waals surface area (Å²) < 4.78 is 14.9.